The van der Waals surface area contributed by atoms with Crippen molar-refractivity contribution in [2.24, 2.45) is 0 Å². The van der Waals surface area contributed by atoms with Gasteiger partial charge in [0.15, 0.2) is 0 Å². The monoisotopic (exact) mass is 559 g/mol. The Morgan fingerprint density at radius 2 is 1.69 bits per heavy atom. The first kappa shape index (κ1) is 29.5. The van der Waals surface area contributed by atoms with Gasteiger partial charge in [-0.05, 0) is 37.6 Å². The molecular formula is C24H31Cl2N3O6S. The zero-order valence-corrected chi connectivity index (χ0v) is 23.2. The number of ether oxygens (including phenoxy) is 2. The molecule has 1 atom stereocenters. The van der Waals surface area contributed by atoms with Gasteiger partial charge in [-0.2, -0.15) is 0 Å². The Hall–Kier alpha value is -2.69. The molecule has 0 unspecified atom stereocenters. The van der Waals surface area contributed by atoms with Crippen molar-refractivity contribution in [2.45, 2.75) is 32.9 Å². The van der Waals surface area contributed by atoms with Crippen molar-refractivity contribution in [3.8, 4) is 11.5 Å². The summed E-state index contributed by atoms with van der Waals surface area (Å²) in [6.07, 6.45) is 1.27. The van der Waals surface area contributed by atoms with E-state index in [4.69, 9.17) is 32.7 Å². The van der Waals surface area contributed by atoms with Crippen LogP contribution in [0.15, 0.2) is 36.4 Å². The van der Waals surface area contributed by atoms with Gasteiger partial charge < -0.3 is 19.7 Å². The quantitative estimate of drug-likeness (QED) is 0.425. The second-order valence-corrected chi connectivity index (χ2v) is 10.6. The van der Waals surface area contributed by atoms with Crippen molar-refractivity contribution in [3.05, 3.63) is 52.0 Å². The van der Waals surface area contributed by atoms with E-state index < -0.39 is 28.5 Å². The van der Waals surface area contributed by atoms with Crippen LogP contribution >= 0.6 is 23.2 Å². The largest absolute Gasteiger partial charge is 0.497 e. The third-order valence-electron chi connectivity index (χ3n) is 5.46. The summed E-state index contributed by atoms with van der Waals surface area (Å²) in [5, 5.41) is 3.37. The minimum Gasteiger partial charge on any atom is -0.497 e. The van der Waals surface area contributed by atoms with Crippen LogP contribution in [0.2, 0.25) is 10.0 Å². The molecule has 2 aromatic carbocycles. The highest BCUT2D eigenvalue weighted by Gasteiger charge is 2.33. The third-order valence-corrected chi connectivity index (χ3v) is 7.30. The van der Waals surface area contributed by atoms with Crippen LogP contribution in [0.1, 0.15) is 25.8 Å². The summed E-state index contributed by atoms with van der Waals surface area (Å²) in [6, 6.07) is 8.61. The fourth-order valence-corrected chi connectivity index (χ4v) is 5.02. The van der Waals surface area contributed by atoms with Crippen molar-refractivity contribution < 1.29 is 27.5 Å². The summed E-state index contributed by atoms with van der Waals surface area (Å²) in [5.74, 6) is -0.339. The van der Waals surface area contributed by atoms with Crippen molar-refractivity contribution in [3.63, 3.8) is 0 Å². The zero-order valence-electron chi connectivity index (χ0n) is 20.9. The number of carbonyl (C=O) groups is 2. The molecule has 2 rings (SSSR count). The molecule has 0 saturated carbocycles. The number of carbonyl (C=O) groups excluding carboxylic acids is 2. The highest BCUT2D eigenvalue weighted by atomic mass is 35.5. The Morgan fingerprint density at radius 1 is 1.06 bits per heavy atom. The van der Waals surface area contributed by atoms with Crippen molar-refractivity contribution in [1.29, 1.82) is 0 Å². The highest BCUT2D eigenvalue weighted by molar-refractivity contribution is 7.92. The molecule has 2 aromatic rings. The average Bonchev–Trinajstić information content (AvgIpc) is 2.83. The lowest BCUT2D eigenvalue weighted by Crippen LogP contribution is -2.52. The number of likely N-dealkylation sites (N-methyl/N-ethyl adjacent to an activating group) is 1. The van der Waals surface area contributed by atoms with Gasteiger partial charge in [-0.15, -0.1) is 0 Å². The number of benzene rings is 2. The molecule has 9 nitrogen and oxygen atoms in total. The molecule has 0 heterocycles. The summed E-state index contributed by atoms with van der Waals surface area (Å²) in [6.45, 7) is 3.21. The number of rotatable bonds is 12. The molecule has 0 radical (unpaired) electrons. The fraction of sp³-hybridized carbons (Fsp3) is 0.417. The Balaban J connectivity index is 2.56. The molecule has 0 saturated heterocycles. The predicted molar refractivity (Wildman–Crippen MR) is 142 cm³/mol. The number of hydrogen-bond donors (Lipinski definition) is 1. The van der Waals surface area contributed by atoms with Crippen molar-refractivity contribution >= 4 is 50.7 Å². The third kappa shape index (κ3) is 7.18. The second-order valence-electron chi connectivity index (χ2n) is 7.85. The number of nitrogens with one attached hydrogen (secondary N) is 1. The molecule has 0 aliphatic carbocycles. The maximum absolute atomic E-state index is 13.7. The van der Waals surface area contributed by atoms with E-state index >= 15 is 0 Å². The van der Waals surface area contributed by atoms with Crippen molar-refractivity contribution in [1.82, 2.24) is 10.2 Å². The normalized spacial score (nSPS) is 12.0. The van der Waals surface area contributed by atoms with Gasteiger partial charge in [-0.3, -0.25) is 13.9 Å². The lowest BCUT2D eigenvalue weighted by atomic mass is 10.1. The Morgan fingerprint density at radius 3 is 2.19 bits per heavy atom. The van der Waals surface area contributed by atoms with Crippen molar-refractivity contribution in [2.75, 3.05) is 37.9 Å². The number of amides is 2. The van der Waals surface area contributed by atoms with Gasteiger partial charge >= 0.3 is 0 Å². The van der Waals surface area contributed by atoms with Gasteiger partial charge in [-0.25, -0.2) is 8.42 Å². The van der Waals surface area contributed by atoms with E-state index in [0.717, 1.165) is 10.6 Å². The van der Waals surface area contributed by atoms with E-state index in [1.54, 1.807) is 38.1 Å². The van der Waals surface area contributed by atoms with E-state index in [0.29, 0.717) is 27.9 Å². The van der Waals surface area contributed by atoms with Gasteiger partial charge in [0, 0.05) is 34.8 Å². The Kier molecular flexibility index (Phi) is 10.7. The molecule has 0 fully saturated rings. The molecule has 2 amide bonds. The van der Waals surface area contributed by atoms with Crippen LogP contribution in [-0.4, -0.2) is 64.7 Å². The maximum atomic E-state index is 13.7. The van der Waals surface area contributed by atoms with Crippen LogP contribution in [0.4, 0.5) is 5.69 Å². The molecule has 0 aromatic heterocycles. The topological polar surface area (TPSA) is 105 Å². The maximum Gasteiger partial charge on any atom is 0.244 e. The van der Waals surface area contributed by atoms with Crippen LogP contribution in [-0.2, 0) is 26.2 Å². The molecule has 1 N–H and O–H groups in total. The molecular weight excluding hydrogens is 529 g/mol. The SMILES string of the molecule is CCNC(=O)[C@@H](CC)N(Cc1c(Cl)cccc1Cl)C(=O)CN(c1ccc(OC)cc1OC)S(C)(=O)=O. The molecule has 12 heteroatoms. The summed E-state index contributed by atoms with van der Waals surface area (Å²) in [4.78, 5) is 27.9. The molecule has 0 bridgehead atoms. The lowest BCUT2D eigenvalue weighted by molar-refractivity contribution is -0.140. The predicted octanol–water partition coefficient (Wildman–Crippen LogP) is 3.72. The lowest BCUT2D eigenvalue weighted by Gasteiger charge is -2.33. The average molecular weight is 561 g/mol. The molecule has 198 valence electrons. The molecule has 0 aliphatic heterocycles. The molecule has 0 aliphatic rings. The van der Waals surface area contributed by atoms with E-state index in [2.05, 4.69) is 5.32 Å². The zero-order chi connectivity index (χ0) is 27.0. The highest BCUT2D eigenvalue weighted by Crippen LogP contribution is 2.34. The van der Waals surface area contributed by atoms with E-state index in [1.807, 2.05) is 0 Å². The smallest absolute Gasteiger partial charge is 0.244 e. The number of anilines is 1. The van der Waals surface area contributed by atoms with Gasteiger partial charge in [0.25, 0.3) is 0 Å². The summed E-state index contributed by atoms with van der Waals surface area (Å²) < 4.78 is 37.1. The second kappa shape index (κ2) is 13.0. The first-order valence-corrected chi connectivity index (χ1v) is 13.8. The van der Waals surface area contributed by atoms with E-state index in [1.165, 1.54) is 31.3 Å². The standard InChI is InChI=1S/C24H31Cl2N3O6S/c1-6-20(24(31)27-7-2)28(14-17-18(25)9-8-10-19(17)26)23(30)15-29(36(5,32)33)21-12-11-16(34-3)13-22(21)35-4/h8-13,20H,6-7,14-15H2,1-5H3,(H,27,31)/t20-/m1/s1. The first-order valence-electron chi connectivity index (χ1n) is 11.2. The first-order chi connectivity index (χ1) is 17.0. The van der Waals surface area contributed by atoms with Crippen LogP contribution in [0.3, 0.4) is 0 Å². The molecule has 36 heavy (non-hydrogen) atoms. The summed E-state index contributed by atoms with van der Waals surface area (Å²) in [7, 11) is -1.09. The summed E-state index contributed by atoms with van der Waals surface area (Å²) in [5.41, 5.74) is 0.598. The fourth-order valence-electron chi connectivity index (χ4n) is 3.65. The van der Waals surface area contributed by atoms with E-state index in [9.17, 15) is 18.0 Å². The Bertz CT molecular complexity index is 1170. The van der Waals surface area contributed by atoms with Gasteiger partial charge in [0.2, 0.25) is 21.8 Å². The number of sulfonamides is 1. The Labute approximate surface area is 222 Å². The van der Waals surface area contributed by atoms with Gasteiger partial charge in [0.1, 0.15) is 24.1 Å². The van der Waals surface area contributed by atoms with Gasteiger partial charge in [0.05, 0.1) is 26.2 Å². The summed E-state index contributed by atoms with van der Waals surface area (Å²) >= 11 is 12.7. The minimum atomic E-state index is -3.94. The van der Waals surface area contributed by atoms with Crippen LogP contribution in [0.5, 0.6) is 11.5 Å². The number of halogens is 2. The number of methoxy groups -OCH3 is 2. The van der Waals surface area contributed by atoms with Crippen LogP contribution in [0.25, 0.3) is 0 Å². The van der Waals surface area contributed by atoms with Crippen LogP contribution in [0, 0.1) is 0 Å². The number of hydrogen-bond acceptors (Lipinski definition) is 6. The minimum absolute atomic E-state index is 0.0929. The number of nitrogens with zero attached hydrogens (tertiary/aromatic N) is 2. The molecule has 0 spiro atoms. The van der Waals surface area contributed by atoms with Crippen LogP contribution < -0.4 is 19.1 Å². The van der Waals surface area contributed by atoms with E-state index in [-0.39, 0.29) is 30.3 Å². The van der Waals surface area contributed by atoms with Gasteiger partial charge in [-0.1, -0.05) is 36.2 Å².